The second-order valence-corrected chi connectivity index (χ2v) is 10.8. The fourth-order valence-electron chi connectivity index (χ4n) is 6.28. The zero-order valence-corrected chi connectivity index (χ0v) is 22.9. The van der Waals surface area contributed by atoms with Crippen LogP contribution in [0.1, 0.15) is 50.1 Å². The van der Waals surface area contributed by atoms with E-state index in [1.54, 1.807) is 12.1 Å². The average Bonchev–Trinajstić information content (AvgIpc) is 3.33. The normalized spacial score (nSPS) is 17.4. The quantitative estimate of drug-likeness (QED) is 0.105. The second-order valence-electron chi connectivity index (χ2n) is 10.8. The Morgan fingerprint density at radius 2 is 0.976 bits per heavy atom. The molecule has 0 bridgehead atoms. The van der Waals surface area contributed by atoms with Crippen molar-refractivity contribution in [3.8, 4) is 22.3 Å². The van der Waals surface area contributed by atoms with E-state index < -0.39 is 17.8 Å². The molecule has 3 atom stereocenters. The van der Waals surface area contributed by atoms with Crippen molar-refractivity contribution in [3.05, 3.63) is 166 Å². The summed E-state index contributed by atoms with van der Waals surface area (Å²) in [5, 5.41) is 11.8. The van der Waals surface area contributed by atoms with Crippen LogP contribution in [0, 0.1) is 16.0 Å². The summed E-state index contributed by atoms with van der Waals surface area (Å²) in [6.07, 6.45) is 0.0917. The smallest absolute Gasteiger partial charge is 0.211 e. The van der Waals surface area contributed by atoms with Gasteiger partial charge in [0.05, 0.1) is 5.92 Å². The Morgan fingerprint density at radius 1 is 0.548 bits per heavy atom. The predicted molar refractivity (Wildman–Crippen MR) is 164 cm³/mol. The topological polar surface area (TPSA) is 77.3 Å². The molecule has 42 heavy (non-hydrogen) atoms. The Balaban J connectivity index is 1.32. The molecule has 0 N–H and O–H groups in total. The van der Waals surface area contributed by atoms with Crippen LogP contribution in [-0.2, 0) is 0 Å². The summed E-state index contributed by atoms with van der Waals surface area (Å²) >= 11 is 0. The fraction of sp³-hybridized carbons (Fsp3) is 0.135. The van der Waals surface area contributed by atoms with Gasteiger partial charge < -0.3 is 0 Å². The molecule has 5 aromatic carbocycles. The molecule has 0 amide bonds. The molecule has 0 aliphatic heterocycles. The molecule has 6 rings (SSSR count). The first-order valence-corrected chi connectivity index (χ1v) is 14.1. The predicted octanol–water partition coefficient (Wildman–Crippen LogP) is 8.25. The lowest BCUT2D eigenvalue weighted by atomic mass is 9.78. The summed E-state index contributed by atoms with van der Waals surface area (Å²) in [5.74, 6) is -2.06. The molecule has 1 aliphatic carbocycles. The zero-order chi connectivity index (χ0) is 29.1. The van der Waals surface area contributed by atoms with E-state index in [0.717, 1.165) is 33.4 Å². The maximum atomic E-state index is 14.2. The number of rotatable bonds is 9. The van der Waals surface area contributed by atoms with Gasteiger partial charge in [-0.25, -0.2) is 0 Å². The maximum Gasteiger partial charge on any atom is 0.211 e. The van der Waals surface area contributed by atoms with Gasteiger partial charge in [-0.3, -0.25) is 19.7 Å². The van der Waals surface area contributed by atoms with Gasteiger partial charge in [0, 0.05) is 34.3 Å². The second kappa shape index (κ2) is 11.8. The SMILES string of the molecule is O=C(C[C@H]1c2ccccc2[C@@H](C[N+](=O)[O-])[C@@H]1C(=O)c1ccc(-c2ccccc2)cc1)c1ccc(-c2ccccc2)cc1. The minimum absolute atomic E-state index is 0.0895. The van der Waals surface area contributed by atoms with Crippen molar-refractivity contribution in [3.63, 3.8) is 0 Å². The molecular formula is C37H29NO4. The number of carbonyl (C=O) groups is 2. The highest BCUT2D eigenvalue weighted by molar-refractivity contribution is 6.02. The molecule has 5 nitrogen and oxygen atoms in total. The van der Waals surface area contributed by atoms with E-state index in [-0.39, 0.29) is 29.5 Å². The molecule has 0 heterocycles. The van der Waals surface area contributed by atoms with Crippen LogP contribution in [0.5, 0.6) is 0 Å². The summed E-state index contributed by atoms with van der Waals surface area (Å²) in [7, 11) is 0. The lowest BCUT2D eigenvalue weighted by Crippen LogP contribution is -2.28. The molecule has 0 aromatic heterocycles. The summed E-state index contributed by atoms with van der Waals surface area (Å²) < 4.78 is 0. The van der Waals surface area contributed by atoms with Crippen LogP contribution in [0.25, 0.3) is 22.3 Å². The summed E-state index contributed by atoms with van der Waals surface area (Å²) in [5.41, 5.74) is 6.77. The van der Waals surface area contributed by atoms with Gasteiger partial charge in [0.15, 0.2) is 11.6 Å². The Morgan fingerprint density at radius 3 is 1.48 bits per heavy atom. The van der Waals surface area contributed by atoms with Gasteiger partial charge in [-0.1, -0.05) is 133 Å². The zero-order valence-electron chi connectivity index (χ0n) is 22.9. The Labute approximate surface area is 244 Å². The van der Waals surface area contributed by atoms with E-state index in [4.69, 9.17) is 0 Å². The van der Waals surface area contributed by atoms with Crippen molar-refractivity contribution in [1.82, 2.24) is 0 Å². The third kappa shape index (κ3) is 5.41. The lowest BCUT2D eigenvalue weighted by Gasteiger charge is -2.23. The molecule has 1 aliphatic rings. The van der Waals surface area contributed by atoms with Crippen LogP contribution in [-0.4, -0.2) is 23.0 Å². The van der Waals surface area contributed by atoms with E-state index in [9.17, 15) is 19.7 Å². The van der Waals surface area contributed by atoms with E-state index in [1.165, 1.54) is 0 Å². The largest absolute Gasteiger partial charge is 0.294 e. The number of ketones is 2. The van der Waals surface area contributed by atoms with E-state index in [0.29, 0.717) is 11.1 Å². The van der Waals surface area contributed by atoms with Crippen LogP contribution < -0.4 is 0 Å². The third-order valence-corrected chi connectivity index (χ3v) is 8.31. The number of Topliss-reactive ketones (excluding diaryl/α,β-unsaturated/α-hetero) is 2. The Kier molecular flexibility index (Phi) is 7.56. The van der Waals surface area contributed by atoms with Crippen LogP contribution in [0.15, 0.2) is 133 Å². The molecular weight excluding hydrogens is 522 g/mol. The molecule has 5 aromatic rings. The Hall–Kier alpha value is -5.16. The number of carbonyl (C=O) groups excluding carboxylic acids is 2. The van der Waals surface area contributed by atoms with Gasteiger partial charge in [-0.15, -0.1) is 0 Å². The van der Waals surface area contributed by atoms with Crippen molar-refractivity contribution >= 4 is 11.6 Å². The standard InChI is InChI=1S/C37H29NO4/c39-35(29-19-15-27(16-20-29)25-9-3-1-4-10-25)23-33-31-13-7-8-14-32(31)34(24-38(41)42)36(33)37(40)30-21-17-28(18-22-30)26-11-5-2-6-12-26/h1-22,33-34,36H,23-24H2/t33-,34+,36+/m0/s1. The molecule has 0 unspecified atom stereocenters. The van der Waals surface area contributed by atoms with Crippen LogP contribution >= 0.6 is 0 Å². The minimum Gasteiger partial charge on any atom is -0.294 e. The first kappa shape index (κ1) is 27.0. The molecule has 0 radical (unpaired) electrons. The fourth-order valence-corrected chi connectivity index (χ4v) is 6.28. The number of hydrogen-bond donors (Lipinski definition) is 0. The molecule has 206 valence electrons. The summed E-state index contributed by atoms with van der Waals surface area (Å²) in [4.78, 5) is 39.2. The van der Waals surface area contributed by atoms with Crippen molar-refractivity contribution < 1.29 is 14.5 Å². The number of benzene rings is 5. The number of fused-ring (bicyclic) bond motifs is 1. The first-order valence-electron chi connectivity index (χ1n) is 14.1. The van der Waals surface area contributed by atoms with Gasteiger partial charge in [-0.2, -0.15) is 0 Å². The molecule has 0 spiro atoms. The van der Waals surface area contributed by atoms with Crippen LogP contribution in [0.3, 0.4) is 0 Å². The van der Waals surface area contributed by atoms with Crippen molar-refractivity contribution in [2.24, 2.45) is 5.92 Å². The van der Waals surface area contributed by atoms with Crippen LogP contribution in [0.2, 0.25) is 0 Å². The highest BCUT2D eigenvalue weighted by atomic mass is 16.6. The number of nitrogens with zero attached hydrogens (tertiary/aromatic N) is 1. The van der Waals surface area contributed by atoms with Gasteiger partial charge in [0.2, 0.25) is 6.54 Å². The lowest BCUT2D eigenvalue weighted by molar-refractivity contribution is -0.484. The molecule has 0 fully saturated rings. The van der Waals surface area contributed by atoms with Gasteiger partial charge in [-0.05, 0) is 33.4 Å². The number of nitro groups is 1. The minimum atomic E-state index is -0.720. The highest BCUT2D eigenvalue weighted by Crippen LogP contribution is 2.50. The van der Waals surface area contributed by atoms with E-state index in [2.05, 4.69) is 0 Å². The highest BCUT2D eigenvalue weighted by Gasteiger charge is 2.47. The van der Waals surface area contributed by atoms with Crippen molar-refractivity contribution in [1.29, 1.82) is 0 Å². The molecule has 0 saturated heterocycles. The first-order chi connectivity index (χ1) is 20.5. The van der Waals surface area contributed by atoms with Crippen molar-refractivity contribution in [2.75, 3.05) is 6.54 Å². The average molecular weight is 552 g/mol. The van der Waals surface area contributed by atoms with E-state index >= 15 is 0 Å². The molecule has 5 heteroatoms. The van der Waals surface area contributed by atoms with Gasteiger partial charge in [0.25, 0.3) is 0 Å². The third-order valence-electron chi connectivity index (χ3n) is 8.31. The summed E-state index contributed by atoms with van der Waals surface area (Å²) in [6, 6.07) is 42.2. The number of hydrogen-bond acceptors (Lipinski definition) is 4. The van der Waals surface area contributed by atoms with Gasteiger partial charge >= 0.3 is 0 Å². The Bertz CT molecular complexity index is 1730. The summed E-state index contributed by atoms with van der Waals surface area (Å²) in [6.45, 7) is -0.369. The monoisotopic (exact) mass is 551 g/mol. The van der Waals surface area contributed by atoms with E-state index in [1.807, 2.05) is 121 Å². The molecule has 0 saturated carbocycles. The van der Waals surface area contributed by atoms with Gasteiger partial charge in [0.1, 0.15) is 0 Å². The maximum absolute atomic E-state index is 14.2. The van der Waals surface area contributed by atoms with Crippen LogP contribution in [0.4, 0.5) is 0 Å². The van der Waals surface area contributed by atoms with Crippen molar-refractivity contribution in [2.45, 2.75) is 18.3 Å².